The van der Waals surface area contributed by atoms with Gasteiger partial charge in [0.05, 0.1) is 18.1 Å². The average molecular weight is 243 g/mol. The van der Waals surface area contributed by atoms with Crippen LogP contribution < -0.4 is 5.32 Å². The van der Waals surface area contributed by atoms with Gasteiger partial charge in [-0.15, -0.1) is 0 Å². The fourth-order valence-electron chi connectivity index (χ4n) is 2.22. The molecule has 1 rings (SSSR count). The van der Waals surface area contributed by atoms with Gasteiger partial charge in [0.15, 0.2) is 0 Å². The lowest BCUT2D eigenvalue weighted by Gasteiger charge is -2.35. The first kappa shape index (κ1) is 14.5. The van der Waals surface area contributed by atoms with E-state index < -0.39 is 5.60 Å². The van der Waals surface area contributed by atoms with E-state index in [0.717, 1.165) is 12.8 Å². The molecule has 0 bridgehead atoms. The van der Waals surface area contributed by atoms with Crippen LogP contribution in [0.2, 0.25) is 0 Å². The molecule has 1 aliphatic carbocycles. The zero-order valence-corrected chi connectivity index (χ0v) is 11.2. The maximum Gasteiger partial charge on any atom is 0.308 e. The summed E-state index contributed by atoms with van der Waals surface area (Å²) < 4.78 is 5.01. The largest absolute Gasteiger partial charge is 0.466 e. The quantitative estimate of drug-likeness (QED) is 0.718. The minimum atomic E-state index is -0.646. The van der Waals surface area contributed by atoms with Crippen LogP contribution in [0, 0.1) is 5.92 Å². The van der Waals surface area contributed by atoms with Gasteiger partial charge in [0, 0.05) is 12.6 Å². The summed E-state index contributed by atoms with van der Waals surface area (Å²) in [4.78, 5) is 11.6. The molecule has 4 heteroatoms. The lowest BCUT2D eigenvalue weighted by atomic mass is 9.78. The molecule has 17 heavy (non-hydrogen) atoms. The van der Waals surface area contributed by atoms with Gasteiger partial charge in [-0.25, -0.2) is 0 Å². The maximum atomic E-state index is 11.6. The van der Waals surface area contributed by atoms with Crippen LogP contribution in [0.4, 0.5) is 0 Å². The highest BCUT2D eigenvalue weighted by atomic mass is 16.5. The zero-order valence-electron chi connectivity index (χ0n) is 11.2. The van der Waals surface area contributed by atoms with E-state index in [1.54, 1.807) is 0 Å². The molecule has 1 fully saturated rings. The van der Waals surface area contributed by atoms with Crippen LogP contribution in [-0.4, -0.2) is 35.9 Å². The molecule has 2 N–H and O–H groups in total. The smallest absolute Gasteiger partial charge is 0.308 e. The highest BCUT2D eigenvalue weighted by Gasteiger charge is 2.36. The summed E-state index contributed by atoms with van der Waals surface area (Å²) in [5.74, 6) is -0.124. The first-order valence-corrected chi connectivity index (χ1v) is 6.59. The summed E-state index contributed by atoms with van der Waals surface area (Å²) in [5, 5.41) is 13.6. The van der Waals surface area contributed by atoms with E-state index >= 15 is 0 Å². The van der Waals surface area contributed by atoms with Crippen molar-refractivity contribution >= 4 is 5.97 Å². The van der Waals surface area contributed by atoms with Crippen molar-refractivity contribution in [3.8, 4) is 0 Å². The molecule has 0 unspecified atom stereocenters. The lowest BCUT2D eigenvalue weighted by Crippen LogP contribution is -2.46. The molecule has 0 aromatic heterocycles. The normalized spacial score (nSPS) is 29.4. The van der Waals surface area contributed by atoms with Crippen molar-refractivity contribution in [2.24, 2.45) is 5.92 Å². The van der Waals surface area contributed by atoms with Gasteiger partial charge in [-0.3, -0.25) is 4.79 Å². The molecule has 0 saturated heterocycles. The number of carbonyl (C=O) groups is 1. The Balaban J connectivity index is 2.36. The van der Waals surface area contributed by atoms with Crippen molar-refractivity contribution < 1.29 is 14.6 Å². The highest BCUT2D eigenvalue weighted by Crippen LogP contribution is 2.32. The summed E-state index contributed by atoms with van der Waals surface area (Å²) in [6.07, 6.45) is 2.82. The van der Waals surface area contributed by atoms with Crippen molar-refractivity contribution in [2.45, 2.75) is 58.1 Å². The number of rotatable bonds is 5. The minimum Gasteiger partial charge on any atom is -0.466 e. The molecule has 1 saturated carbocycles. The molecule has 0 aromatic carbocycles. The molecule has 0 aromatic rings. The van der Waals surface area contributed by atoms with Crippen LogP contribution in [0.15, 0.2) is 0 Å². The second-order valence-corrected chi connectivity index (χ2v) is 5.29. The Hall–Kier alpha value is -0.610. The molecule has 0 atom stereocenters. The molecule has 0 heterocycles. The van der Waals surface area contributed by atoms with Gasteiger partial charge in [0.25, 0.3) is 0 Å². The van der Waals surface area contributed by atoms with Crippen LogP contribution in [-0.2, 0) is 9.53 Å². The fourth-order valence-corrected chi connectivity index (χ4v) is 2.22. The van der Waals surface area contributed by atoms with E-state index in [0.29, 0.717) is 32.0 Å². The summed E-state index contributed by atoms with van der Waals surface area (Å²) in [5.41, 5.74) is -0.646. The monoisotopic (exact) mass is 243 g/mol. The molecule has 0 radical (unpaired) electrons. The van der Waals surface area contributed by atoms with Crippen molar-refractivity contribution in [1.82, 2.24) is 5.32 Å². The predicted molar refractivity (Wildman–Crippen MR) is 66.7 cm³/mol. The Morgan fingerprint density at radius 3 is 2.53 bits per heavy atom. The summed E-state index contributed by atoms with van der Waals surface area (Å²) in [7, 11) is 0. The first-order chi connectivity index (χ1) is 7.97. The van der Waals surface area contributed by atoms with Crippen LogP contribution in [0.25, 0.3) is 0 Å². The number of hydrogen-bond acceptors (Lipinski definition) is 4. The second kappa shape index (κ2) is 6.36. The van der Waals surface area contributed by atoms with Crippen molar-refractivity contribution in [2.75, 3.05) is 13.2 Å². The molecule has 0 spiro atoms. The molecular weight excluding hydrogens is 218 g/mol. The van der Waals surface area contributed by atoms with Crippen LogP contribution in [0.3, 0.4) is 0 Å². The molecule has 1 aliphatic rings. The van der Waals surface area contributed by atoms with Crippen molar-refractivity contribution in [1.29, 1.82) is 0 Å². The van der Waals surface area contributed by atoms with E-state index in [9.17, 15) is 9.90 Å². The summed E-state index contributed by atoms with van der Waals surface area (Å²) in [6, 6.07) is 0.377. The number of nitrogens with one attached hydrogen (secondary N) is 1. The van der Waals surface area contributed by atoms with E-state index in [1.165, 1.54) is 0 Å². The predicted octanol–water partition coefficient (Wildman–Crippen LogP) is 1.47. The third-order valence-corrected chi connectivity index (χ3v) is 3.38. The molecular formula is C13H25NO3. The topological polar surface area (TPSA) is 58.6 Å². The second-order valence-electron chi connectivity index (χ2n) is 5.29. The van der Waals surface area contributed by atoms with E-state index in [-0.39, 0.29) is 11.9 Å². The van der Waals surface area contributed by atoms with Crippen LogP contribution in [0.5, 0.6) is 0 Å². The van der Waals surface area contributed by atoms with E-state index in [1.807, 2.05) is 6.92 Å². The number of esters is 1. The van der Waals surface area contributed by atoms with Crippen LogP contribution in [0.1, 0.15) is 46.5 Å². The standard InChI is InChI=1S/C13H25NO3/c1-4-17-12(15)11-5-7-13(16,8-6-11)9-14-10(2)3/h10-11,14,16H,4-9H2,1-3H3. The number of hydrogen-bond donors (Lipinski definition) is 2. The van der Waals surface area contributed by atoms with Gasteiger partial charge >= 0.3 is 5.97 Å². The minimum absolute atomic E-state index is 0.0192. The average Bonchev–Trinajstić information content (AvgIpc) is 2.28. The first-order valence-electron chi connectivity index (χ1n) is 6.59. The third-order valence-electron chi connectivity index (χ3n) is 3.38. The van der Waals surface area contributed by atoms with Gasteiger partial charge in [0.2, 0.25) is 0 Å². The molecule has 100 valence electrons. The molecule has 0 aliphatic heterocycles. The van der Waals surface area contributed by atoms with Gasteiger partial charge < -0.3 is 15.2 Å². The Kier molecular flexibility index (Phi) is 5.40. The molecule has 0 amide bonds. The zero-order chi connectivity index (χ0) is 12.9. The Morgan fingerprint density at radius 2 is 2.06 bits per heavy atom. The van der Waals surface area contributed by atoms with Crippen molar-refractivity contribution in [3.63, 3.8) is 0 Å². The summed E-state index contributed by atoms with van der Waals surface area (Å²) in [6.45, 7) is 7.00. The summed E-state index contributed by atoms with van der Waals surface area (Å²) >= 11 is 0. The Morgan fingerprint density at radius 1 is 1.47 bits per heavy atom. The number of ether oxygens (including phenoxy) is 1. The fraction of sp³-hybridized carbons (Fsp3) is 0.923. The SMILES string of the molecule is CCOC(=O)C1CCC(O)(CNC(C)C)CC1. The highest BCUT2D eigenvalue weighted by molar-refractivity contribution is 5.72. The van der Waals surface area contributed by atoms with Crippen LogP contribution >= 0.6 is 0 Å². The van der Waals surface area contributed by atoms with E-state index in [2.05, 4.69) is 19.2 Å². The lowest BCUT2D eigenvalue weighted by molar-refractivity contribution is -0.151. The van der Waals surface area contributed by atoms with Crippen molar-refractivity contribution in [3.05, 3.63) is 0 Å². The van der Waals surface area contributed by atoms with Gasteiger partial charge in [-0.05, 0) is 32.6 Å². The van der Waals surface area contributed by atoms with Gasteiger partial charge in [-0.2, -0.15) is 0 Å². The number of carbonyl (C=O) groups excluding carboxylic acids is 1. The third kappa shape index (κ3) is 4.64. The Bertz CT molecular complexity index is 245. The number of aliphatic hydroxyl groups is 1. The van der Waals surface area contributed by atoms with E-state index in [4.69, 9.17) is 4.74 Å². The molecule has 4 nitrogen and oxygen atoms in total. The van der Waals surface area contributed by atoms with Gasteiger partial charge in [-0.1, -0.05) is 13.8 Å². The van der Waals surface area contributed by atoms with Gasteiger partial charge in [0.1, 0.15) is 0 Å². The maximum absolute atomic E-state index is 11.6. The Labute approximate surface area is 104 Å².